The van der Waals surface area contributed by atoms with Crippen LogP contribution in [0, 0.1) is 0 Å². The summed E-state index contributed by atoms with van der Waals surface area (Å²) in [4.78, 5) is 27.7. The Kier molecular flexibility index (Phi) is 6.95. The Hall–Kier alpha value is -4.19. The molecule has 0 aliphatic carbocycles. The Morgan fingerprint density at radius 3 is 1.79 bits per heavy atom. The number of carbonyl (C=O) groups is 2. The molecule has 0 aliphatic rings. The van der Waals surface area contributed by atoms with Crippen LogP contribution < -0.4 is 5.32 Å². The van der Waals surface area contributed by atoms with Gasteiger partial charge in [-0.1, -0.05) is 91.0 Å². The van der Waals surface area contributed by atoms with Crippen LogP contribution in [-0.2, 0) is 31.4 Å². The number of carbonyl (C=O) groups excluding carboxylic acids is 2. The fourth-order valence-electron chi connectivity index (χ4n) is 3.63. The summed E-state index contributed by atoms with van der Waals surface area (Å²) in [7, 11) is 1.72. The Labute approximate surface area is 193 Å². The van der Waals surface area contributed by atoms with E-state index in [9.17, 15) is 9.59 Å². The summed E-state index contributed by atoms with van der Waals surface area (Å²) in [6.45, 7) is 0.918. The maximum absolute atomic E-state index is 13.4. The second-order valence-electron chi connectivity index (χ2n) is 7.88. The highest BCUT2D eigenvalue weighted by Gasteiger charge is 2.21. The van der Waals surface area contributed by atoms with Crippen LogP contribution in [-0.4, -0.2) is 26.5 Å². The maximum atomic E-state index is 13.4. The third-order valence-electron chi connectivity index (χ3n) is 5.29. The van der Waals surface area contributed by atoms with Crippen molar-refractivity contribution >= 4 is 17.6 Å². The molecule has 0 atom stereocenters. The molecule has 1 aromatic heterocycles. The van der Waals surface area contributed by atoms with Crippen LogP contribution in [0.5, 0.6) is 0 Å². The van der Waals surface area contributed by atoms with Gasteiger partial charge in [0.1, 0.15) is 5.82 Å². The van der Waals surface area contributed by atoms with E-state index >= 15 is 0 Å². The molecule has 0 saturated heterocycles. The smallest absolute Gasteiger partial charge is 0.275 e. The molecule has 166 valence electrons. The Morgan fingerprint density at radius 1 is 0.788 bits per heavy atom. The van der Waals surface area contributed by atoms with Crippen molar-refractivity contribution in [2.24, 2.45) is 7.05 Å². The molecular weight excluding hydrogens is 412 g/mol. The van der Waals surface area contributed by atoms with E-state index in [2.05, 4.69) is 10.4 Å². The number of hydrogen-bond acceptors (Lipinski definition) is 3. The summed E-state index contributed by atoms with van der Waals surface area (Å²) in [5.41, 5.74) is 3.29. The maximum Gasteiger partial charge on any atom is 0.275 e. The normalized spacial score (nSPS) is 10.6. The van der Waals surface area contributed by atoms with E-state index in [0.717, 1.165) is 16.7 Å². The van der Waals surface area contributed by atoms with Gasteiger partial charge in [-0.2, -0.15) is 5.10 Å². The van der Waals surface area contributed by atoms with E-state index in [-0.39, 0.29) is 18.2 Å². The SMILES string of the molecule is Cn1nc(C(=O)N(Cc2ccccc2)Cc2ccccc2)cc1NC(=O)Cc1ccccc1. The Morgan fingerprint density at radius 2 is 1.27 bits per heavy atom. The third-order valence-corrected chi connectivity index (χ3v) is 5.29. The van der Waals surface area contributed by atoms with E-state index in [0.29, 0.717) is 24.6 Å². The zero-order valence-corrected chi connectivity index (χ0v) is 18.5. The van der Waals surface area contributed by atoms with Gasteiger partial charge in [0.05, 0.1) is 6.42 Å². The third kappa shape index (κ3) is 5.95. The number of benzene rings is 3. The number of aromatic nitrogens is 2. The first-order chi connectivity index (χ1) is 16.1. The molecule has 6 nitrogen and oxygen atoms in total. The Bertz CT molecular complexity index is 1160. The lowest BCUT2D eigenvalue weighted by molar-refractivity contribution is -0.115. The van der Waals surface area contributed by atoms with Crippen molar-refractivity contribution in [3.63, 3.8) is 0 Å². The van der Waals surface area contributed by atoms with E-state index < -0.39 is 0 Å². The predicted octanol–water partition coefficient (Wildman–Crippen LogP) is 4.44. The molecule has 4 rings (SSSR count). The van der Waals surface area contributed by atoms with Gasteiger partial charge in [0.2, 0.25) is 5.91 Å². The first-order valence-corrected chi connectivity index (χ1v) is 10.8. The summed E-state index contributed by atoms with van der Waals surface area (Å²) < 4.78 is 1.53. The summed E-state index contributed by atoms with van der Waals surface area (Å²) in [6, 6.07) is 30.9. The summed E-state index contributed by atoms with van der Waals surface area (Å²) >= 11 is 0. The van der Waals surface area contributed by atoms with E-state index in [1.54, 1.807) is 18.0 Å². The van der Waals surface area contributed by atoms with Gasteiger partial charge < -0.3 is 10.2 Å². The van der Waals surface area contributed by atoms with Crippen LogP contribution in [0.25, 0.3) is 0 Å². The number of aryl methyl sites for hydroxylation is 1. The molecule has 33 heavy (non-hydrogen) atoms. The van der Waals surface area contributed by atoms with Crippen molar-refractivity contribution in [3.8, 4) is 0 Å². The number of hydrogen-bond donors (Lipinski definition) is 1. The van der Waals surface area contributed by atoms with Crippen LogP contribution in [0.15, 0.2) is 97.1 Å². The molecule has 0 spiro atoms. The highest BCUT2D eigenvalue weighted by Crippen LogP contribution is 2.17. The standard InChI is InChI=1S/C27H26N4O2/c1-30-25(28-26(32)17-21-11-5-2-6-12-21)18-24(29-30)27(33)31(19-22-13-7-3-8-14-22)20-23-15-9-4-10-16-23/h2-16,18H,17,19-20H2,1H3,(H,28,32). The van der Waals surface area contributed by atoms with Gasteiger partial charge >= 0.3 is 0 Å². The molecule has 6 heteroatoms. The zero-order valence-electron chi connectivity index (χ0n) is 18.5. The molecule has 0 fully saturated rings. The lowest BCUT2D eigenvalue weighted by Crippen LogP contribution is -2.30. The number of anilines is 1. The zero-order chi connectivity index (χ0) is 23.0. The summed E-state index contributed by atoms with van der Waals surface area (Å²) in [5, 5.41) is 7.25. The van der Waals surface area contributed by atoms with E-state index in [1.165, 1.54) is 4.68 Å². The second kappa shape index (κ2) is 10.4. The number of rotatable bonds is 8. The van der Waals surface area contributed by atoms with Crippen molar-refractivity contribution in [1.82, 2.24) is 14.7 Å². The quantitative estimate of drug-likeness (QED) is 0.442. The average molecular weight is 439 g/mol. The highest BCUT2D eigenvalue weighted by molar-refractivity contribution is 5.96. The number of nitrogens with zero attached hydrogens (tertiary/aromatic N) is 3. The molecule has 3 aromatic carbocycles. The minimum Gasteiger partial charge on any atom is -0.329 e. The largest absolute Gasteiger partial charge is 0.329 e. The summed E-state index contributed by atoms with van der Waals surface area (Å²) in [6.07, 6.45) is 0.253. The molecule has 0 saturated carbocycles. The number of amides is 2. The van der Waals surface area contributed by atoms with Crippen molar-refractivity contribution in [2.45, 2.75) is 19.5 Å². The lowest BCUT2D eigenvalue weighted by atomic mass is 10.1. The second-order valence-corrected chi connectivity index (χ2v) is 7.88. The van der Waals surface area contributed by atoms with Crippen molar-refractivity contribution in [2.75, 3.05) is 5.32 Å². The monoisotopic (exact) mass is 438 g/mol. The Balaban J connectivity index is 1.51. The topological polar surface area (TPSA) is 67.2 Å². The van der Waals surface area contributed by atoms with Crippen LogP contribution >= 0.6 is 0 Å². The van der Waals surface area contributed by atoms with Crippen molar-refractivity contribution in [3.05, 3.63) is 119 Å². The van der Waals surface area contributed by atoms with E-state index in [4.69, 9.17) is 0 Å². The first-order valence-electron chi connectivity index (χ1n) is 10.8. The molecule has 0 bridgehead atoms. The molecule has 1 N–H and O–H groups in total. The molecular formula is C27H26N4O2. The molecule has 0 aliphatic heterocycles. The van der Waals surface area contributed by atoms with Gasteiger partial charge in [-0.15, -0.1) is 0 Å². The van der Waals surface area contributed by atoms with Gasteiger partial charge in [-0.05, 0) is 16.7 Å². The van der Waals surface area contributed by atoms with Crippen LogP contribution in [0.3, 0.4) is 0 Å². The fourth-order valence-corrected chi connectivity index (χ4v) is 3.63. The molecule has 1 heterocycles. The van der Waals surface area contributed by atoms with Crippen LogP contribution in [0.4, 0.5) is 5.82 Å². The van der Waals surface area contributed by atoms with Crippen LogP contribution in [0.1, 0.15) is 27.2 Å². The van der Waals surface area contributed by atoms with Gasteiger partial charge in [0, 0.05) is 26.2 Å². The molecule has 2 amide bonds. The average Bonchev–Trinajstić information content (AvgIpc) is 3.20. The fraction of sp³-hybridized carbons (Fsp3) is 0.148. The minimum absolute atomic E-state index is 0.159. The van der Waals surface area contributed by atoms with Gasteiger partial charge in [-0.25, -0.2) is 0 Å². The summed E-state index contributed by atoms with van der Waals surface area (Å²) in [5.74, 6) is 0.133. The van der Waals surface area contributed by atoms with Gasteiger partial charge in [-0.3, -0.25) is 14.3 Å². The number of nitrogens with one attached hydrogen (secondary N) is 1. The predicted molar refractivity (Wildman–Crippen MR) is 128 cm³/mol. The molecule has 0 radical (unpaired) electrons. The van der Waals surface area contributed by atoms with Gasteiger partial charge in [0.25, 0.3) is 5.91 Å². The minimum atomic E-state index is -0.193. The van der Waals surface area contributed by atoms with Crippen molar-refractivity contribution in [1.29, 1.82) is 0 Å². The van der Waals surface area contributed by atoms with Crippen molar-refractivity contribution < 1.29 is 9.59 Å². The van der Waals surface area contributed by atoms with Gasteiger partial charge in [0.15, 0.2) is 5.69 Å². The molecule has 0 unspecified atom stereocenters. The lowest BCUT2D eigenvalue weighted by Gasteiger charge is -2.22. The molecule has 4 aromatic rings. The van der Waals surface area contributed by atoms with E-state index in [1.807, 2.05) is 91.0 Å². The first kappa shape index (κ1) is 22.0. The van der Waals surface area contributed by atoms with Crippen LogP contribution in [0.2, 0.25) is 0 Å². The highest BCUT2D eigenvalue weighted by atomic mass is 16.2.